The Bertz CT molecular complexity index is 600. The van der Waals surface area contributed by atoms with Gasteiger partial charge in [0, 0.05) is 10.1 Å². The molecule has 2 aromatic rings. The van der Waals surface area contributed by atoms with Gasteiger partial charge in [-0.15, -0.1) is 11.3 Å². The van der Waals surface area contributed by atoms with Gasteiger partial charge in [0.25, 0.3) is 5.89 Å². The van der Waals surface area contributed by atoms with Gasteiger partial charge in [0.2, 0.25) is 0 Å². The molecule has 0 radical (unpaired) electrons. The number of aromatic nitrogens is 2. The van der Waals surface area contributed by atoms with Gasteiger partial charge in [-0.25, -0.2) is 0 Å². The van der Waals surface area contributed by atoms with E-state index in [1.807, 2.05) is 11.8 Å². The number of hydrogen-bond acceptors (Lipinski definition) is 6. The summed E-state index contributed by atoms with van der Waals surface area (Å²) < 4.78 is 5.39. The SMILES string of the molecule is Cc1sc(N)c(-c2nc(CSC3CCCC3)no2)c1C. The molecule has 1 aliphatic rings. The van der Waals surface area contributed by atoms with Crippen LogP contribution in [0.4, 0.5) is 5.00 Å². The molecule has 6 heteroatoms. The van der Waals surface area contributed by atoms with Crippen LogP contribution in [0.3, 0.4) is 0 Å². The molecule has 1 aliphatic carbocycles. The summed E-state index contributed by atoms with van der Waals surface area (Å²) >= 11 is 3.52. The molecule has 0 amide bonds. The standard InChI is InChI=1S/C14H19N3OS2/c1-8-9(2)20-13(15)12(8)14-16-11(17-18-14)7-19-10-5-3-4-6-10/h10H,3-7,15H2,1-2H3. The zero-order chi connectivity index (χ0) is 14.1. The van der Waals surface area contributed by atoms with Crippen molar-refractivity contribution in [3.05, 3.63) is 16.3 Å². The lowest BCUT2D eigenvalue weighted by atomic mass is 10.1. The average molecular weight is 309 g/mol. The molecule has 0 unspecified atom stereocenters. The van der Waals surface area contributed by atoms with Gasteiger partial charge in [0.15, 0.2) is 5.82 Å². The maximum absolute atomic E-state index is 6.04. The number of nitrogens with two attached hydrogens (primary N) is 1. The van der Waals surface area contributed by atoms with Gasteiger partial charge in [-0.2, -0.15) is 16.7 Å². The molecular formula is C14H19N3OS2. The maximum Gasteiger partial charge on any atom is 0.261 e. The molecule has 3 rings (SSSR count). The second-order valence-corrected chi connectivity index (χ2v) is 7.80. The molecule has 0 saturated heterocycles. The topological polar surface area (TPSA) is 64.9 Å². The van der Waals surface area contributed by atoms with E-state index in [1.54, 1.807) is 11.3 Å². The fraction of sp³-hybridized carbons (Fsp3) is 0.571. The van der Waals surface area contributed by atoms with Crippen molar-refractivity contribution in [3.63, 3.8) is 0 Å². The van der Waals surface area contributed by atoms with Crippen molar-refractivity contribution < 1.29 is 4.52 Å². The number of aryl methyl sites for hydroxylation is 1. The van der Waals surface area contributed by atoms with E-state index < -0.39 is 0 Å². The number of nitrogen functional groups attached to an aromatic ring is 1. The first-order chi connectivity index (χ1) is 9.65. The number of rotatable bonds is 4. The molecule has 2 heterocycles. The maximum atomic E-state index is 6.04. The molecule has 0 spiro atoms. The van der Waals surface area contributed by atoms with Gasteiger partial charge in [0.1, 0.15) is 0 Å². The normalized spacial score (nSPS) is 16.1. The van der Waals surface area contributed by atoms with Gasteiger partial charge < -0.3 is 10.3 Å². The van der Waals surface area contributed by atoms with E-state index in [-0.39, 0.29) is 0 Å². The number of thiophene rings is 1. The summed E-state index contributed by atoms with van der Waals surface area (Å²) in [7, 11) is 0. The van der Waals surface area contributed by atoms with Crippen LogP contribution in [0.25, 0.3) is 11.5 Å². The van der Waals surface area contributed by atoms with Crippen molar-refractivity contribution in [1.82, 2.24) is 10.1 Å². The Morgan fingerprint density at radius 2 is 2.10 bits per heavy atom. The van der Waals surface area contributed by atoms with Gasteiger partial charge in [-0.05, 0) is 32.3 Å². The first-order valence-electron chi connectivity index (χ1n) is 6.95. The Hall–Kier alpha value is -1.01. The van der Waals surface area contributed by atoms with Crippen LogP contribution >= 0.6 is 23.1 Å². The molecular weight excluding hydrogens is 290 g/mol. The molecule has 0 aromatic carbocycles. The number of thioether (sulfide) groups is 1. The third-order valence-corrected chi connectivity index (χ3v) is 6.25. The van der Waals surface area contributed by atoms with Crippen molar-refractivity contribution in [2.45, 2.75) is 50.5 Å². The van der Waals surface area contributed by atoms with Gasteiger partial charge in [0.05, 0.1) is 16.3 Å². The van der Waals surface area contributed by atoms with Crippen LogP contribution in [-0.2, 0) is 5.75 Å². The number of hydrogen-bond donors (Lipinski definition) is 1. The predicted octanol–water partition coefficient (Wildman–Crippen LogP) is 4.17. The summed E-state index contributed by atoms with van der Waals surface area (Å²) in [6.07, 6.45) is 5.37. The fourth-order valence-electron chi connectivity index (χ4n) is 2.58. The van der Waals surface area contributed by atoms with Crippen LogP contribution < -0.4 is 5.73 Å². The van der Waals surface area contributed by atoms with Gasteiger partial charge in [-0.1, -0.05) is 18.0 Å². The quantitative estimate of drug-likeness (QED) is 0.918. The van der Waals surface area contributed by atoms with Gasteiger partial charge >= 0.3 is 0 Å². The molecule has 2 N–H and O–H groups in total. The Morgan fingerprint density at radius 3 is 2.75 bits per heavy atom. The Kier molecular flexibility index (Phi) is 4.03. The predicted molar refractivity (Wildman–Crippen MR) is 85.0 cm³/mol. The minimum atomic E-state index is 0.561. The van der Waals surface area contributed by atoms with Crippen molar-refractivity contribution in [2.75, 3.05) is 5.73 Å². The summed E-state index contributed by atoms with van der Waals surface area (Å²) in [6.45, 7) is 4.11. The van der Waals surface area contributed by atoms with Crippen LogP contribution in [-0.4, -0.2) is 15.4 Å². The van der Waals surface area contributed by atoms with E-state index in [0.29, 0.717) is 5.89 Å². The van der Waals surface area contributed by atoms with Crippen LogP contribution in [0.2, 0.25) is 0 Å². The molecule has 108 valence electrons. The monoisotopic (exact) mass is 309 g/mol. The molecule has 0 aliphatic heterocycles. The molecule has 0 atom stereocenters. The Morgan fingerprint density at radius 1 is 1.35 bits per heavy atom. The summed E-state index contributed by atoms with van der Waals surface area (Å²) in [5.74, 6) is 2.17. The molecule has 1 fully saturated rings. The van der Waals surface area contributed by atoms with Crippen LogP contribution in [0.5, 0.6) is 0 Å². The first-order valence-corrected chi connectivity index (χ1v) is 8.81. The zero-order valence-corrected chi connectivity index (χ0v) is 13.4. The highest BCUT2D eigenvalue weighted by atomic mass is 32.2. The molecule has 4 nitrogen and oxygen atoms in total. The highest BCUT2D eigenvalue weighted by molar-refractivity contribution is 7.99. The Labute approximate surface area is 127 Å². The lowest BCUT2D eigenvalue weighted by Crippen LogP contribution is -1.96. The minimum absolute atomic E-state index is 0.561. The highest BCUT2D eigenvalue weighted by Gasteiger charge is 2.20. The first kappa shape index (κ1) is 13.9. The van der Waals surface area contributed by atoms with Crippen molar-refractivity contribution in [3.8, 4) is 11.5 Å². The van der Waals surface area contributed by atoms with Crippen molar-refractivity contribution >= 4 is 28.1 Å². The summed E-state index contributed by atoms with van der Waals surface area (Å²) in [4.78, 5) is 5.71. The third-order valence-electron chi connectivity index (χ3n) is 3.84. The molecule has 0 bridgehead atoms. The molecule has 1 saturated carbocycles. The minimum Gasteiger partial charge on any atom is -0.390 e. The van der Waals surface area contributed by atoms with Crippen molar-refractivity contribution in [1.29, 1.82) is 0 Å². The zero-order valence-electron chi connectivity index (χ0n) is 11.8. The van der Waals surface area contributed by atoms with Gasteiger partial charge in [-0.3, -0.25) is 0 Å². The summed E-state index contributed by atoms with van der Waals surface area (Å²) in [5, 5.41) is 5.62. The van der Waals surface area contributed by atoms with Crippen LogP contribution in [0, 0.1) is 13.8 Å². The second kappa shape index (κ2) is 5.77. The Balaban J connectivity index is 1.72. The average Bonchev–Trinajstić information content (AvgIpc) is 3.11. The van der Waals surface area contributed by atoms with E-state index in [9.17, 15) is 0 Å². The number of nitrogens with zero attached hydrogens (tertiary/aromatic N) is 2. The fourth-order valence-corrected chi connectivity index (χ4v) is 4.68. The van der Waals surface area contributed by atoms with Crippen LogP contribution in [0.1, 0.15) is 41.9 Å². The van der Waals surface area contributed by atoms with Crippen LogP contribution in [0.15, 0.2) is 4.52 Å². The molecule has 20 heavy (non-hydrogen) atoms. The lowest BCUT2D eigenvalue weighted by molar-refractivity contribution is 0.425. The summed E-state index contributed by atoms with van der Waals surface area (Å²) in [6, 6.07) is 0. The largest absolute Gasteiger partial charge is 0.390 e. The van der Waals surface area contributed by atoms with Crippen molar-refractivity contribution in [2.24, 2.45) is 0 Å². The summed E-state index contributed by atoms with van der Waals surface area (Å²) in [5.41, 5.74) is 8.10. The number of anilines is 1. The van der Waals surface area contributed by atoms with E-state index in [4.69, 9.17) is 10.3 Å². The smallest absolute Gasteiger partial charge is 0.261 e. The van der Waals surface area contributed by atoms with E-state index in [0.717, 1.165) is 33.0 Å². The van der Waals surface area contributed by atoms with E-state index >= 15 is 0 Å². The lowest BCUT2D eigenvalue weighted by Gasteiger charge is -2.04. The third kappa shape index (κ3) is 2.72. The highest BCUT2D eigenvalue weighted by Crippen LogP contribution is 2.37. The van der Waals surface area contributed by atoms with E-state index in [2.05, 4.69) is 24.0 Å². The second-order valence-electron chi connectivity index (χ2n) is 5.26. The van der Waals surface area contributed by atoms with E-state index in [1.165, 1.54) is 30.6 Å². The molecule has 2 aromatic heterocycles.